The van der Waals surface area contributed by atoms with E-state index in [2.05, 4.69) is 0 Å². The molecule has 0 aliphatic heterocycles. The van der Waals surface area contributed by atoms with Crippen LogP contribution >= 0.6 is 0 Å². The van der Waals surface area contributed by atoms with Crippen LogP contribution in [0.5, 0.6) is 0 Å². The summed E-state index contributed by atoms with van der Waals surface area (Å²) in [5.74, 6) is 0. The molecule has 0 bridgehead atoms. The maximum Gasteiger partial charge on any atom is -1.00 e. The first-order chi connectivity index (χ1) is 6.45. The SMILES string of the molecule is C1CC[CH]([Ga+][CH]2CCCCC2)CC1.[H-]. The van der Waals surface area contributed by atoms with Gasteiger partial charge < -0.3 is 1.43 Å². The van der Waals surface area contributed by atoms with Gasteiger partial charge in [0, 0.05) is 0 Å². The van der Waals surface area contributed by atoms with Crippen LogP contribution in [0.3, 0.4) is 0 Å². The molecule has 0 nitrogen and oxygen atoms in total. The van der Waals surface area contributed by atoms with E-state index in [1.807, 2.05) is 0 Å². The van der Waals surface area contributed by atoms with Gasteiger partial charge in [0.2, 0.25) is 0 Å². The molecule has 0 saturated heterocycles. The molecule has 2 aliphatic rings. The van der Waals surface area contributed by atoms with Crippen LogP contribution in [0.2, 0.25) is 8.94 Å². The topological polar surface area (TPSA) is 0 Å². The van der Waals surface area contributed by atoms with Gasteiger partial charge in [0.05, 0.1) is 0 Å². The molecule has 2 rings (SSSR count). The maximum absolute atomic E-state index is 1.62. The van der Waals surface area contributed by atoms with Crippen molar-refractivity contribution in [1.29, 1.82) is 0 Å². The van der Waals surface area contributed by atoms with Gasteiger partial charge in [-0.05, 0) is 0 Å². The summed E-state index contributed by atoms with van der Waals surface area (Å²) in [6.07, 6.45) is 15.8. The van der Waals surface area contributed by atoms with E-state index < -0.39 is 0 Å². The Bertz CT molecular complexity index is 121. The van der Waals surface area contributed by atoms with Crippen molar-refractivity contribution in [2.45, 2.75) is 73.2 Å². The Hall–Kier alpha value is 0.636. The predicted molar refractivity (Wildman–Crippen MR) is 60.5 cm³/mol. The van der Waals surface area contributed by atoms with E-state index >= 15 is 0 Å². The standard InChI is InChI=1S/2C6H11.Ga.H/c2*1-2-4-6-5-3-1;;/h2*1H,2-6H2;;/q;;+1;-1. The van der Waals surface area contributed by atoms with E-state index in [9.17, 15) is 0 Å². The van der Waals surface area contributed by atoms with Crippen LogP contribution in [-0.4, -0.2) is 17.4 Å². The molecule has 0 aromatic carbocycles. The summed E-state index contributed by atoms with van der Waals surface area (Å²) in [5, 5.41) is 0. The van der Waals surface area contributed by atoms with Crippen LogP contribution in [0.1, 0.15) is 65.6 Å². The van der Waals surface area contributed by atoms with Crippen LogP contribution < -0.4 is 0 Å². The van der Waals surface area contributed by atoms with Crippen LogP contribution in [0, 0.1) is 0 Å². The van der Waals surface area contributed by atoms with Crippen molar-refractivity contribution in [3.8, 4) is 0 Å². The Balaban J connectivity index is 0.000000980. The van der Waals surface area contributed by atoms with Crippen LogP contribution in [-0.2, 0) is 0 Å². The normalized spacial score (nSPS) is 27.1. The van der Waals surface area contributed by atoms with Crippen LogP contribution in [0.15, 0.2) is 0 Å². The summed E-state index contributed by atoms with van der Waals surface area (Å²) in [6.45, 7) is 0. The molecule has 0 aromatic heterocycles. The summed E-state index contributed by atoms with van der Waals surface area (Å²) in [7, 11) is 0. The number of rotatable bonds is 2. The van der Waals surface area contributed by atoms with E-state index in [-0.39, 0.29) is 18.8 Å². The average Bonchev–Trinajstić information content (AvgIpc) is 2.21. The summed E-state index contributed by atoms with van der Waals surface area (Å²) >= 11 is 0.162. The van der Waals surface area contributed by atoms with Gasteiger partial charge >= 0.3 is 90.6 Å². The largest absolute Gasteiger partial charge is 1.00 e. The Morgan fingerprint density at radius 1 is 0.615 bits per heavy atom. The Kier molecular flexibility index (Phi) is 4.30. The molecule has 0 N–H and O–H groups in total. The minimum atomic E-state index is 0. The zero-order valence-electron chi connectivity index (χ0n) is 9.80. The first kappa shape index (κ1) is 10.2. The third-order valence-electron chi connectivity index (χ3n) is 3.84. The van der Waals surface area contributed by atoms with Gasteiger partial charge in [-0.3, -0.25) is 0 Å². The molecular formula is C12H23Ga. The molecule has 74 valence electrons. The van der Waals surface area contributed by atoms with Crippen molar-refractivity contribution < 1.29 is 1.43 Å². The predicted octanol–water partition coefficient (Wildman–Crippen LogP) is 4.31. The molecular weight excluding hydrogens is 214 g/mol. The second-order valence-corrected chi connectivity index (χ2v) is 9.75. The first-order valence-electron chi connectivity index (χ1n) is 6.30. The van der Waals surface area contributed by atoms with Gasteiger partial charge in [0.25, 0.3) is 0 Å². The molecule has 2 aliphatic carbocycles. The van der Waals surface area contributed by atoms with Crippen LogP contribution in [0.4, 0.5) is 0 Å². The second-order valence-electron chi connectivity index (χ2n) is 4.99. The van der Waals surface area contributed by atoms with Crippen molar-refractivity contribution in [2.24, 2.45) is 0 Å². The monoisotopic (exact) mass is 236 g/mol. The minimum absolute atomic E-state index is 0. The van der Waals surface area contributed by atoms with Gasteiger partial charge in [-0.25, -0.2) is 0 Å². The van der Waals surface area contributed by atoms with Gasteiger partial charge in [0.15, 0.2) is 0 Å². The molecule has 0 heterocycles. The van der Waals surface area contributed by atoms with E-state index in [0.29, 0.717) is 0 Å². The number of hydrogen-bond acceptors (Lipinski definition) is 0. The van der Waals surface area contributed by atoms with Gasteiger partial charge in [-0.2, -0.15) is 0 Å². The Morgan fingerprint density at radius 3 is 1.38 bits per heavy atom. The van der Waals surface area contributed by atoms with E-state index in [4.69, 9.17) is 0 Å². The smallest absolute Gasteiger partial charge is 1.00 e. The van der Waals surface area contributed by atoms with Gasteiger partial charge in [-0.1, -0.05) is 0 Å². The molecule has 0 radical (unpaired) electrons. The molecule has 1 heteroatoms. The molecule has 0 aromatic rings. The Morgan fingerprint density at radius 2 is 1.00 bits per heavy atom. The molecule has 0 atom stereocenters. The third-order valence-corrected chi connectivity index (χ3v) is 8.93. The summed E-state index contributed by atoms with van der Waals surface area (Å²) in [6, 6.07) is 0. The fraction of sp³-hybridized carbons (Fsp3) is 1.00. The fourth-order valence-corrected chi connectivity index (χ4v) is 8.25. The molecule has 0 spiro atoms. The summed E-state index contributed by atoms with van der Waals surface area (Å²) in [4.78, 5) is 0. The van der Waals surface area contributed by atoms with Crippen molar-refractivity contribution in [1.82, 2.24) is 0 Å². The molecule has 2 fully saturated rings. The fourth-order valence-electron chi connectivity index (χ4n) is 3.04. The maximum atomic E-state index is 1.62. The zero-order valence-corrected chi connectivity index (χ0v) is 11.2. The molecule has 0 unspecified atom stereocenters. The second kappa shape index (κ2) is 5.50. The summed E-state index contributed by atoms with van der Waals surface area (Å²) in [5.41, 5.74) is 0. The third kappa shape index (κ3) is 3.36. The van der Waals surface area contributed by atoms with Crippen molar-refractivity contribution in [3.63, 3.8) is 0 Å². The quantitative estimate of drug-likeness (QED) is 0.627. The number of hydrogen-bond donors (Lipinski definition) is 0. The minimum Gasteiger partial charge on any atom is -1.00 e. The van der Waals surface area contributed by atoms with Crippen molar-refractivity contribution in [2.75, 3.05) is 0 Å². The molecule has 2 saturated carbocycles. The van der Waals surface area contributed by atoms with Gasteiger partial charge in [-0.15, -0.1) is 0 Å². The van der Waals surface area contributed by atoms with E-state index in [1.54, 1.807) is 64.2 Å². The molecule has 13 heavy (non-hydrogen) atoms. The first-order valence-corrected chi connectivity index (χ1v) is 9.10. The van der Waals surface area contributed by atoms with Crippen LogP contribution in [0.25, 0.3) is 0 Å². The zero-order chi connectivity index (χ0) is 8.93. The van der Waals surface area contributed by atoms with E-state index in [0.717, 1.165) is 0 Å². The van der Waals surface area contributed by atoms with Crippen molar-refractivity contribution in [3.05, 3.63) is 0 Å². The molecule has 0 amide bonds. The summed E-state index contributed by atoms with van der Waals surface area (Å²) < 4.78 is 2.56. The Labute approximate surface area is 92.1 Å². The van der Waals surface area contributed by atoms with Gasteiger partial charge in [0.1, 0.15) is 0 Å². The van der Waals surface area contributed by atoms with Crippen molar-refractivity contribution >= 4 is 17.4 Å². The average molecular weight is 237 g/mol. The van der Waals surface area contributed by atoms with E-state index in [1.165, 1.54) is 8.94 Å².